The Kier molecular flexibility index (Phi) is 8.06. The molecule has 30 heavy (non-hydrogen) atoms. The minimum Gasteiger partial charge on any atom is -0.491 e. The molecule has 3 rings (SSSR count). The highest BCUT2D eigenvalue weighted by Crippen LogP contribution is 2.19. The van der Waals surface area contributed by atoms with Crippen LogP contribution in [0.2, 0.25) is 0 Å². The number of hydrogen-bond donors (Lipinski definition) is 2. The van der Waals surface area contributed by atoms with Crippen molar-refractivity contribution in [2.75, 3.05) is 57.7 Å². The molecule has 2 N–H and O–H groups in total. The molecule has 2 aliphatic heterocycles. The van der Waals surface area contributed by atoms with Crippen molar-refractivity contribution in [2.24, 2.45) is 0 Å². The number of nitrogens with zero attached hydrogens (tertiary/aromatic N) is 3. The first-order valence-corrected chi connectivity index (χ1v) is 11.9. The van der Waals surface area contributed by atoms with Crippen LogP contribution in [0.4, 0.5) is 5.69 Å². The van der Waals surface area contributed by atoms with Gasteiger partial charge in [-0.25, -0.2) is 0 Å². The number of hydrogen-bond acceptors (Lipinski definition) is 6. The second-order valence-electron chi connectivity index (χ2n) is 7.84. The number of β-amino-alcohol motifs (C(OH)–C–C–N with tert-alkyl or cyclic N) is 1. The average molecular weight is 441 g/mol. The van der Waals surface area contributed by atoms with E-state index in [4.69, 9.17) is 4.74 Å². The van der Waals surface area contributed by atoms with E-state index in [1.165, 1.54) is 6.92 Å². The molecule has 0 spiro atoms. The third-order valence-electron chi connectivity index (χ3n) is 5.38. The summed E-state index contributed by atoms with van der Waals surface area (Å²) in [5.41, 5.74) is 0.688. The van der Waals surface area contributed by atoms with Gasteiger partial charge in [-0.15, -0.1) is 0 Å². The monoisotopic (exact) mass is 440 g/mol. The van der Waals surface area contributed by atoms with Crippen molar-refractivity contribution in [2.45, 2.75) is 32.3 Å². The van der Waals surface area contributed by atoms with Crippen LogP contribution in [0.15, 0.2) is 24.3 Å². The first-order chi connectivity index (χ1) is 14.3. The summed E-state index contributed by atoms with van der Waals surface area (Å²) < 4.78 is 34.3. The number of carbonyl (C=O) groups excluding carboxylic acids is 1. The lowest BCUT2D eigenvalue weighted by Gasteiger charge is -2.38. The van der Waals surface area contributed by atoms with Crippen molar-refractivity contribution in [3.8, 4) is 5.75 Å². The van der Waals surface area contributed by atoms with Gasteiger partial charge in [-0.05, 0) is 37.1 Å². The minimum atomic E-state index is -3.37. The molecule has 0 saturated carbocycles. The highest BCUT2D eigenvalue weighted by molar-refractivity contribution is 7.86. The molecular weight excluding hydrogens is 408 g/mol. The molecule has 1 aromatic carbocycles. The van der Waals surface area contributed by atoms with Gasteiger partial charge in [0, 0.05) is 58.4 Å². The standard InChI is InChI=1S/C20H32N4O5S/c1-17(25)21-18-5-7-20(8-6-18)29-16-19(26)15-22-11-13-24(14-12-22)30(27,28)23-9-3-2-4-10-23/h5-8,19,26H,2-4,9-16H2,1H3,(H,21,25)/t19-/m0/s1. The number of benzene rings is 1. The van der Waals surface area contributed by atoms with Gasteiger partial charge in [0.2, 0.25) is 5.91 Å². The number of piperidine rings is 1. The summed E-state index contributed by atoms with van der Waals surface area (Å²) in [6.07, 6.45) is 2.28. The minimum absolute atomic E-state index is 0.136. The van der Waals surface area contributed by atoms with Crippen molar-refractivity contribution in [1.82, 2.24) is 13.5 Å². The molecule has 2 aliphatic rings. The van der Waals surface area contributed by atoms with Crippen LogP contribution < -0.4 is 10.1 Å². The molecule has 10 heteroatoms. The van der Waals surface area contributed by atoms with E-state index < -0.39 is 16.3 Å². The van der Waals surface area contributed by atoms with Crippen LogP contribution in [0.25, 0.3) is 0 Å². The van der Waals surface area contributed by atoms with Gasteiger partial charge >= 0.3 is 0 Å². The van der Waals surface area contributed by atoms with E-state index in [9.17, 15) is 18.3 Å². The fraction of sp³-hybridized carbons (Fsp3) is 0.650. The number of piperazine rings is 1. The molecule has 9 nitrogen and oxygen atoms in total. The lowest BCUT2D eigenvalue weighted by molar-refractivity contribution is -0.114. The number of nitrogens with one attached hydrogen (secondary N) is 1. The van der Waals surface area contributed by atoms with Gasteiger partial charge in [0.25, 0.3) is 10.2 Å². The molecule has 0 aliphatic carbocycles. The van der Waals surface area contributed by atoms with E-state index in [1.54, 1.807) is 32.9 Å². The molecule has 0 radical (unpaired) electrons. The predicted molar refractivity (Wildman–Crippen MR) is 115 cm³/mol. The molecule has 2 fully saturated rings. The molecule has 1 atom stereocenters. The fourth-order valence-corrected chi connectivity index (χ4v) is 5.45. The van der Waals surface area contributed by atoms with E-state index in [-0.39, 0.29) is 12.5 Å². The summed E-state index contributed by atoms with van der Waals surface area (Å²) in [5.74, 6) is 0.475. The molecular formula is C20H32N4O5S. The smallest absolute Gasteiger partial charge is 0.282 e. The number of aliphatic hydroxyl groups is 1. The summed E-state index contributed by atoms with van der Waals surface area (Å²) in [4.78, 5) is 13.1. The lowest BCUT2D eigenvalue weighted by atomic mass is 10.2. The largest absolute Gasteiger partial charge is 0.491 e. The highest BCUT2D eigenvalue weighted by atomic mass is 32.2. The molecule has 0 aromatic heterocycles. The van der Waals surface area contributed by atoms with Crippen molar-refractivity contribution in [3.63, 3.8) is 0 Å². The summed E-state index contributed by atoms with van der Waals surface area (Å²) in [7, 11) is -3.37. The van der Waals surface area contributed by atoms with Gasteiger partial charge in [-0.1, -0.05) is 6.42 Å². The van der Waals surface area contributed by atoms with Crippen molar-refractivity contribution < 1.29 is 23.1 Å². The third-order valence-corrected chi connectivity index (χ3v) is 7.42. The van der Waals surface area contributed by atoms with Crippen LogP contribution in [0, 0.1) is 0 Å². The SMILES string of the molecule is CC(=O)Nc1ccc(OC[C@@H](O)CN2CCN(S(=O)(=O)N3CCCCC3)CC2)cc1. The Labute approximate surface area is 178 Å². The van der Waals surface area contributed by atoms with Gasteiger partial charge < -0.3 is 15.2 Å². The van der Waals surface area contributed by atoms with Crippen LogP contribution in [-0.2, 0) is 15.0 Å². The zero-order chi connectivity index (χ0) is 21.6. The Morgan fingerprint density at radius 3 is 2.23 bits per heavy atom. The first-order valence-electron chi connectivity index (χ1n) is 10.5. The van der Waals surface area contributed by atoms with Crippen molar-refractivity contribution >= 4 is 21.8 Å². The molecule has 0 bridgehead atoms. The highest BCUT2D eigenvalue weighted by Gasteiger charge is 2.33. The maximum Gasteiger partial charge on any atom is 0.282 e. The Hall–Kier alpha value is -1.72. The van der Waals surface area contributed by atoms with E-state index in [2.05, 4.69) is 10.2 Å². The molecule has 168 valence electrons. The van der Waals surface area contributed by atoms with Gasteiger partial charge in [0.1, 0.15) is 18.5 Å². The maximum absolute atomic E-state index is 12.8. The Bertz CT molecular complexity index is 788. The van der Waals surface area contributed by atoms with E-state index in [0.29, 0.717) is 57.3 Å². The molecule has 2 saturated heterocycles. The number of anilines is 1. The number of carbonyl (C=O) groups is 1. The lowest BCUT2D eigenvalue weighted by Crippen LogP contribution is -2.54. The van der Waals surface area contributed by atoms with E-state index in [0.717, 1.165) is 19.3 Å². The number of ether oxygens (including phenoxy) is 1. The van der Waals surface area contributed by atoms with Crippen molar-refractivity contribution in [3.05, 3.63) is 24.3 Å². The van der Waals surface area contributed by atoms with Crippen LogP contribution in [0.3, 0.4) is 0 Å². The Balaban J connectivity index is 1.39. The Morgan fingerprint density at radius 1 is 1.03 bits per heavy atom. The van der Waals surface area contributed by atoms with E-state index >= 15 is 0 Å². The quantitative estimate of drug-likeness (QED) is 0.618. The predicted octanol–water partition coefficient (Wildman–Crippen LogP) is 0.733. The topological polar surface area (TPSA) is 102 Å². The number of aliphatic hydroxyl groups excluding tert-OH is 1. The van der Waals surface area contributed by atoms with E-state index in [1.807, 2.05) is 0 Å². The van der Waals surface area contributed by atoms with Gasteiger partial charge in [0.15, 0.2) is 0 Å². The van der Waals surface area contributed by atoms with Gasteiger partial charge in [-0.2, -0.15) is 17.0 Å². The summed E-state index contributed by atoms with van der Waals surface area (Å²) in [6, 6.07) is 6.96. The maximum atomic E-state index is 12.8. The first kappa shape index (κ1) is 23.0. The van der Waals surface area contributed by atoms with Crippen molar-refractivity contribution in [1.29, 1.82) is 0 Å². The van der Waals surface area contributed by atoms with Crippen LogP contribution in [0.5, 0.6) is 5.75 Å². The zero-order valence-electron chi connectivity index (χ0n) is 17.5. The van der Waals surface area contributed by atoms with Gasteiger partial charge in [0.05, 0.1) is 0 Å². The average Bonchev–Trinajstić information content (AvgIpc) is 2.74. The summed E-state index contributed by atoms with van der Waals surface area (Å²) in [6.45, 7) is 5.32. The van der Waals surface area contributed by atoms with Crippen LogP contribution in [-0.4, -0.2) is 91.5 Å². The molecule has 1 amide bonds. The number of rotatable bonds is 8. The second-order valence-corrected chi connectivity index (χ2v) is 9.77. The number of amides is 1. The Morgan fingerprint density at radius 2 is 1.63 bits per heavy atom. The van der Waals surface area contributed by atoms with Crippen LogP contribution >= 0.6 is 0 Å². The van der Waals surface area contributed by atoms with Crippen LogP contribution in [0.1, 0.15) is 26.2 Å². The summed E-state index contributed by atoms with van der Waals surface area (Å²) in [5, 5.41) is 13.0. The molecule has 1 aromatic rings. The third kappa shape index (κ3) is 6.39. The normalized spacial score (nSPS) is 20.6. The second kappa shape index (κ2) is 10.5. The molecule has 0 unspecified atom stereocenters. The zero-order valence-corrected chi connectivity index (χ0v) is 18.3. The summed E-state index contributed by atoms with van der Waals surface area (Å²) >= 11 is 0. The fourth-order valence-electron chi connectivity index (χ4n) is 3.78. The van der Waals surface area contributed by atoms with Gasteiger partial charge in [-0.3, -0.25) is 9.69 Å². The molecule has 2 heterocycles.